The third kappa shape index (κ3) is 3.17. The molecule has 0 unspecified atom stereocenters. The molecule has 0 bridgehead atoms. The van der Waals surface area contributed by atoms with E-state index in [9.17, 15) is 0 Å². The molecule has 186 valence electrons. The molecule has 0 N–H and O–H groups in total. The van der Waals surface area contributed by atoms with Gasteiger partial charge in [-0.2, -0.15) is 0 Å². The highest BCUT2D eigenvalue weighted by Gasteiger charge is 2.26. The standard InChI is InChI=1S/C36H25NO2/c1-38-28-14-9-25(10-15-28)37(26-11-16-29(39-2)17-12-26)27-13-19-30-31-18-8-23-7-6-22-4-3-5-24-20-33(32(30)21-27)36(31)35(23)34(22)24/h3-21H,1-2H3. The summed E-state index contributed by atoms with van der Waals surface area (Å²) in [6, 6.07) is 41.4. The van der Waals surface area contributed by atoms with E-state index < -0.39 is 0 Å². The second-order valence-corrected chi connectivity index (χ2v) is 10.1. The first-order valence-corrected chi connectivity index (χ1v) is 13.2. The summed E-state index contributed by atoms with van der Waals surface area (Å²) >= 11 is 0. The van der Waals surface area contributed by atoms with Crippen molar-refractivity contribution in [1.29, 1.82) is 0 Å². The maximum Gasteiger partial charge on any atom is 0.119 e. The summed E-state index contributed by atoms with van der Waals surface area (Å²) in [6.45, 7) is 0. The molecule has 0 amide bonds. The minimum atomic E-state index is 0.835. The van der Waals surface area contributed by atoms with Gasteiger partial charge in [0.2, 0.25) is 0 Å². The van der Waals surface area contributed by atoms with Crippen LogP contribution in [-0.4, -0.2) is 14.2 Å². The molecule has 8 rings (SSSR count). The number of fused-ring (bicyclic) bond motifs is 3. The molecule has 0 saturated carbocycles. The fourth-order valence-corrected chi connectivity index (χ4v) is 6.33. The van der Waals surface area contributed by atoms with Gasteiger partial charge in [-0.1, -0.05) is 48.5 Å². The van der Waals surface area contributed by atoms with E-state index in [0.717, 1.165) is 28.6 Å². The van der Waals surface area contributed by atoms with Crippen LogP contribution in [0.1, 0.15) is 0 Å². The second kappa shape index (κ2) is 8.24. The van der Waals surface area contributed by atoms with Crippen molar-refractivity contribution in [1.82, 2.24) is 0 Å². The van der Waals surface area contributed by atoms with Crippen molar-refractivity contribution in [3.63, 3.8) is 0 Å². The Morgan fingerprint density at radius 3 is 1.64 bits per heavy atom. The van der Waals surface area contributed by atoms with Crippen LogP contribution in [0.4, 0.5) is 17.1 Å². The van der Waals surface area contributed by atoms with Crippen LogP contribution in [0.15, 0.2) is 115 Å². The average molecular weight is 504 g/mol. The van der Waals surface area contributed by atoms with E-state index >= 15 is 0 Å². The van der Waals surface area contributed by atoms with Gasteiger partial charge in [0.15, 0.2) is 0 Å². The Labute approximate surface area is 226 Å². The normalized spacial score (nSPS) is 11.8. The molecule has 3 nitrogen and oxygen atoms in total. The van der Waals surface area contributed by atoms with Crippen molar-refractivity contribution in [2.45, 2.75) is 0 Å². The summed E-state index contributed by atoms with van der Waals surface area (Å²) in [5.74, 6) is 1.67. The van der Waals surface area contributed by atoms with Crippen LogP contribution >= 0.6 is 0 Å². The van der Waals surface area contributed by atoms with Crippen molar-refractivity contribution in [3.05, 3.63) is 115 Å². The number of benzene rings is 7. The number of ether oxygens (including phenoxy) is 2. The molecule has 1 aliphatic rings. The fraction of sp³-hybridized carbons (Fsp3) is 0.0556. The van der Waals surface area contributed by atoms with Crippen molar-refractivity contribution >= 4 is 49.4 Å². The van der Waals surface area contributed by atoms with Gasteiger partial charge in [0.25, 0.3) is 0 Å². The molecule has 3 heteroatoms. The van der Waals surface area contributed by atoms with Crippen molar-refractivity contribution in [3.8, 4) is 33.8 Å². The molecule has 0 aromatic heterocycles. The van der Waals surface area contributed by atoms with E-state index in [2.05, 4.69) is 95.9 Å². The monoisotopic (exact) mass is 503 g/mol. The summed E-state index contributed by atoms with van der Waals surface area (Å²) in [4.78, 5) is 2.29. The number of hydrogen-bond acceptors (Lipinski definition) is 3. The first kappa shape index (κ1) is 22.0. The van der Waals surface area contributed by atoms with E-state index in [0.29, 0.717) is 0 Å². The zero-order valence-corrected chi connectivity index (χ0v) is 21.7. The SMILES string of the molecule is COc1ccc(N(c2ccc(OC)cc2)c2ccc3c(c2)-c2cc4cccc5ccc6ccc-3c2c6c54)cc1. The minimum absolute atomic E-state index is 0.835. The third-order valence-corrected chi connectivity index (χ3v) is 8.13. The van der Waals surface area contributed by atoms with Gasteiger partial charge in [0.05, 0.1) is 14.2 Å². The average Bonchev–Trinajstić information content (AvgIpc) is 3.31. The van der Waals surface area contributed by atoms with E-state index in [-0.39, 0.29) is 0 Å². The molecule has 0 fully saturated rings. The van der Waals surface area contributed by atoms with Crippen LogP contribution in [0.5, 0.6) is 11.5 Å². The summed E-state index contributed by atoms with van der Waals surface area (Å²) < 4.78 is 10.9. The Morgan fingerprint density at radius 2 is 0.974 bits per heavy atom. The molecule has 7 aromatic carbocycles. The van der Waals surface area contributed by atoms with Crippen LogP contribution in [0.2, 0.25) is 0 Å². The highest BCUT2D eigenvalue weighted by atomic mass is 16.5. The first-order chi connectivity index (χ1) is 19.2. The van der Waals surface area contributed by atoms with E-state index in [4.69, 9.17) is 9.47 Å². The van der Waals surface area contributed by atoms with Crippen LogP contribution in [0.3, 0.4) is 0 Å². The topological polar surface area (TPSA) is 21.7 Å². The summed E-state index contributed by atoms with van der Waals surface area (Å²) in [5.41, 5.74) is 8.41. The number of methoxy groups -OCH3 is 2. The largest absolute Gasteiger partial charge is 0.497 e. The van der Waals surface area contributed by atoms with Gasteiger partial charge < -0.3 is 14.4 Å². The highest BCUT2D eigenvalue weighted by molar-refractivity contribution is 6.32. The Hall–Kier alpha value is -5.02. The van der Waals surface area contributed by atoms with E-state index in [1.807, 2.05) is 24.3 Å². The lowest BCUT2D eigenvalue weighted by Gasteiger charge is -2.26. The number of rotatable bonds is 5. The maximum atomic E-state index is 5.44. The Bertz CT molecular complexity index is 1980. The third-order valence-electron chi connectivity index (χ3n) is 8.13. The molecule has 0 atom stereocenters. The molecular formula is C36H25NO2. The van der Waals surface area contributed by atoms with Gasteiger partial charge in [-0.3, -0.25) is 0 Å². The van der Waals surface area contributed by atoms with E-state index in [1.54, 1.807) is 14.2 Å². The van der Waals surface area contributed by atoms with Gasteiger partial charge in [-0.15, -0.1) is 0 Å². The number of anilines is 3. The molecule has 7 aromatic rings. The van der Waals surface area contributed by atoms with Gasteiger partial charge in [-0.25, -0.2) is 0 Å². The molecule has 0 spiro atoms. The molecule has 0 aliphatic heterocycles. The van der Waals surface area contributed by atoms with Crippen LogP contribution in [-0.2, 0) is 0 Å². The smallest absolute Gasteiger partial charge is 0.119 e. The van der Waals surface area contributed by atoms with Gasteiger partial charge in [0, 0.05) is 17.1 Å². The van der Waals surface area contributed by atoms with Crippen molar-refractivity contribution in [2.24, 2.45) is 0 Å². The lowest BCUT2D eigenvalue weighted by molar-refractivity contribution is 0.415. The van der Waals surface area contributed by atoms with Gasteiger partial charge >= 0.3 is 0 Å². The lowest BCUT2D eigenvalue weighted by atomic mass is 9.91. The zero-order chi connectivity index (χ0) is 26.1. The van der Waals surface area contributed by atoms with E-state index in [1.165, 1.54) is 54.6 Å². The minimum Gasteiger partial charge on any atom is -0.497 e. The molecule has 0 saturated heterocycles. The Balaban J connectivity index is 1.36. The maximum absolute atomic E-state index is 5.44. The van der Waals surface area contributed by atoms with Crippen LogP contribution in [0, 0.1) is 0 Å². The molecule has 0 heterocycles. The zero-order valence-electron chi connectivity index (χ0n) is 21.7. The summed E-state index contributed by atoms with van der Waals surface area (Å²) in [5, 5.41) is 7.98. The number of hydrogen-bond donors (Lipinski definition) is 0. The van der Waals surface area contributed by atoms with Crippen molar-refractivity contribution in [2.75, 3.05) is 19.1 Å². The Kier molecular flexibility index (Phi) is 4.65. The van der Waals surface area contributed by atoms with Gasteiger partial charge in [0.1, 0.15) is 11.5 Å². The predicted octanol–water partition coefficient (Wildman–Crippen LogP) is 9.72. The quantitative estimate of drug-likeness (QED) is 0.218. The second-order valence-electron chi connectivity index (χ2n) is 10.1. The molecular weight excluding hydrogens is 478 g/mol. The molecule has 39 heavy (non-hydrogen) atoms. The molecule has 0 radical (unpaired) electrons. The predicted molar refractivity (Wildman–Crippen MR) is 162 cm³/mol. The van der Waals surface area contributed by atoms with Crippen LogP contribution < -0.4 is 14.4 Å². The summed E-state index contributed by atoms with van der Waals surface area (Å²) in [7, 11) is 3.39. The summed E-state index contributed by atoms with van der Waals surface area (Å²) in [6.07, 6.45) is 0. The van der Waals surface area contributed by atoms with Crippen LogP contribution in [0.25, 0.3) is 54.6 Å². The number of nitrogens with zero attached hydrogens (tertiary/aromatic N) is 1. The first-order valence-electron chi connectivity index (χ1n) is 13.2. The lowest BCUT2D eigenvalue weighted by Crippen LogP contribution is -2.10. The highest BCUT2D eigenvalue weighted by Crippen LogP contribution is 2.53. The fourth-order valence-electron chi connectivity index (χ4n) is 6.33. The van der Waals surface area contributed by atoms with Gasteiger partial charge in [-0.05, 0) is 121 Å². The molecule has 1 aliphatic carbocycles. The van der Waals surface area contributed by atoms with Crippen molar-refractivity contribution < 1.29 is 9.47 Å². The Morgan fingerprint density at radius 1 is 0.410 bits per heavy atom.